The third-order valence-corrected chi connectivity index (χ3v) is 11.9. The number of imide groups is 1. The summed E-state index contributed by atoms with van der Waals surface area (Å²) in [6.45, 7) is 0.200. The van der Waals surface area contributed by atoms with Crippen LogP contribution in [0, 0.1) is 11.8 Å². The number of nitrogens with two attached hydrogens (primary N) is 2. The molecule has 6 atom stereocenters. The lowest BCUT2D eigenvalue weighted by atomic mass is 9.81. The molecule has 27 heteroatoms. The minimum absolute atomic E-state index is 0.0457. The number of hydrogen-bond donors (Lipinski definition) is 10. The van der Waals surface area contributed by atoms with Crippen molar-refractivity contribution >= 4 is 90.9 Å². The summed E-state index contributed by atoms with van der Waals surface area (Å²) in [6.07, 6.45) is -1.25. The highest BCUT2D eigenvalue weighted by atomic mass is 32.2. The topological polar surface area (TPSA) is 365 Å². The average molecular weight is 934 g/mol. The van der Waals surface area contributed by atoms with Gasteiger partial charge in [-0.05, 0) is 51.0 Å². The van der Waals surface area contributed by atoms with Gasteiger partial charge in [0.1, 0.15) is 49.6 Å². The van der Waals surface area contributed by atoms with Gasteiger partial charge in [0.05, 0.1) is 42.3 Å². The molecule has 0 aromatic rings. The van der Waals surface area contributed by atoms with Crippen molar-refractivity contribution in [2.24, 2.45) is 23.3 Å². The molecular formula is C36H59N11O14S2. The first-order valence-corrected chi connectivity index (χ1v) is 21.7. The van der Waals surface area contributed by atoms with Crippen molar-refractivity contribution in [1.29, 1.82) is 0 Å². The van der Waals surface area contributed by atoms with Gasteiger partial charge in [-0.25, -0.2) is 10.9 Å². The van der Waals surface area contributed by atoms with Gasteiger partial charge in [-0.15, -0.1) is 27.1 Å². The van der Waals surface area contributed by atoms with Crippen LogP contribution >= 0.6 is 24.4 Å². The Morgan fingerprint density at radius 1 is 0.841 bits per heavy atom. The number of nitrogens with one attached hydrogen (secondary N) is 4. The number of carboxylic acid groups (broad SMARTS) is 3. The summed E-state index contributed by atoms with van der Waals surface area (Å²) in [4.78, 5) is 141. The third kappa shape index (κ3) is 16.7. The fourth-order valence-corrected chi connectivity index (χ4v) is 8.65. The molecule has 25 nitrogen and oxygen atoms in total. The van der Waals surface area contributed by atoms with Crippen LogP contribution in [-0.2, 0) is 52.7 Å². The standard InChI is InChI=1S/C36H59N11O14S2/c1-39-34(60)22-7-5-21(6-8-22)14-43-30(53)13-29(35(43)61)63-20-28(52)27(19-62)45(42-23(15-48)10-31(54)55)47(26(18-51)12-33(58)59)46(24(16-49)4-3-9-41-36(37)38)44(40-2)25(17-50)11-32(56)57/h15-18,21-27,29,36,40-42,62H,3-14,19-20,37-38H2,1-2H3,(H,39,60)(H,54,55)(H,56,57)(H,58,59)/t21?,22?,23-,24-,25-,26-,27-,29?/m0/s1. The summed E-state index contributed by atoms with van der Waals surface area (Å²) >= 11 is 5.14. The zero-order chi connectivity index (χ0) is 47.4. The Balaban J connectivity index is 2.69. The van der Waals surface area contributed by atoms with Gasteiger partial charge in [-0.1, -0.05) is 0 Å². The fourth-order valence-electron chi connectivity index (χ4n) is 7.21. The maximum Gasteiger partial charge on any atom is 0.305 e. The van der Waals surface area contributed by atoms with Crippen molar-refractivity contribution in [1.82, 2.24) is 46.9 Å². The number of likely N-dealkylation sites (tertiary alicyclic amines) is 1. The predicted molar refractivity (Wildman–Crippen MR) is 225 cm³/mol. The van der Waals surface area contributed by atoms with Gasteiger partial charge < -0.3 is 51.3 Å². The molecule has 1 saturated heterocycles. The molecule has 0 aromatic heterocycles. The highest BCUT2D eigenvalue weighted by Gasteiger charge is 2.46. The van der Waals surface area contributed by atoms with Gasteiger partial charge in [-0.3, -0.25) is 43.8 Å². The number of carbonyl (C=O) groups is 11. The molecule has 0 spiro atoms. The van der Waals surface area contributed by atoms with E-state index in [1.54, 1.807) is 7.05 Å². The number of carboxylic acids is 3. The second kappa shape index (κ2) is 27.8. The number of carbonyl (C=O) groups excluding carboxylic acids is 8. The Bertz CT molecular complexity index is 1630. The van der Waals surface area contributed by atoms with E-state index in [1.807, 2.05) is 0 Å². The summed E-state index contributed by atoms with van der Waals surface area (Å²) in [7, 11) is 2.75. The number of aliphatic carboxylic acids is 3. The Labute approximate surface area is 372 Å². The zero-order valence-electron chi connectivity index (χ0n) is 35.0. The zero-order valence-corrected chi connectivity index (χ0v) is 36.7. The lowest BCUT2D eigenvalue weighted by molar-refractivity contribution is -0.341. The monoisotopic (exact) mass is 933 g/mol. The molecule has 0 aromatic carbocycles. The number of Topliss-reactive ketones (excluding diaryl/α,β-unsaturated/α-hetero) is 1. The molecule has 1 aliphatic carbocycles. The van der Waals surface area contributed by atoms with Gasteiger partial charge in [0.25, 0.3) is 0 Å². The van der Waals surface area contributed by atoms with Gasteiger partial charge in [0.15, 0.2) is 5.78 Å². The second-order valence-corrected chi connectivity index (χ2v) is 16.4. The van der Waals surface area contributed by atoms with Crippen LogP contribution in [-0.4, -0.2) is 188 Å². The average Bonchev–Trinajstić information content (AvgIpc) is 3.51. The summed E-state index contributed by atoms with van der Waals surface area (Å²) in [6, 6.07) is -8.68. The molecule has 0 bridgehead atoms. The van der Waals surface area contributed by atoms with E-state index in [0.717, 1.165) is 32.0 Å². The van der Waals surface area contributed by atoms with Crippen LogP contribution in [0.1, 0.15) is 64.2 Å². The van der Waals surface area contributed by atoms with E-state index in [0.29, 0.717) is 37.1 Å². The van der Waals surface area contributed by atoms with Gasteiger partial charge >= 0.3 is 17.9 Å². The maximum absolute atomic E-state index is 14.4. The maximum atomic E-state index is 14.4. The van der Waals surface area contributed by atoms with E-state index in [4.69, 9.17) is 11.5 Å². The SMILES string of the molecule is CNC(=O)C1CCC(CN2C(=O)CC(SCC(=O)[C@H](CS)N(N[C@H](C=O)CC(=O)O)N([C@H](C=O)CC(=O)O)N([C@H](C=O)CCCNC(N)N)N(NC)[C@H](C=O)CC(=O)O)C2=O)CC1. The first-order chi connectivity index (χ1) is 29.9. The molecule has 63 heavy (non-hydrogen) atoms. The number of ketones is 1. The highest BCUT2D eigenvalue weighted by Crippen LogP contribution is 2.33. The van der Waals surface area contributed by atoms with E-state index in [-0.39, 0.29) is 69.0 Å². The molecule has 2 aliphatic rings. The van der Waals surface area contributed by atoms with Crippen LogP contribution in [0.4, 0.5) is 0 Å². The van der Waals surface area contributed by atoms with E-state index in [1.165, 1.54) is 7.05 Å². The van der Waals surface area contributed by atoms with Crippen LogP contribution in [0.2, 0.25) is 0 Å². The number of rotatable bonds is 33. The summed E-state index contributed by atoms with van der Waals surface area (Å²) < 4.78 is 0. The molecule has 2 fully saturated rings. The molecule has 1 unspecified atom stereocenters. The van der Waals surface area contributed by atoms with Crippen LogP contribution in [0.25, 0.3) is 0 Å². The molecule has 354 valence electrons. The molecule has 1 saturated carbocycles. The largest absolute Gasteiger partial charge is 0.481 e. The highest BCUT2D eigenvalue weighted by molar-refractivity contribution is 8.01. The Morgan fingerprint density at radius 3 is 1.90 bits per heavy atom. The van der Waals surface area contributed by atoms with Crippen LogP contribution in [0.5, 0.6) is 0 Å². The van der Waals surface area contributed by atoms with Crippen molar-refractivity contribution in [2.75, 3.05) is 38.7 Å². The Kier molecular flexibility index (Phi) is 24.2. The smallest absolute Gasteiger partial charge is 0.305 e. The molecule has 0 radical (unpaired) electrons. The first-order valence-electron chi connectivity index (χ1n) is 20.0. The van der Waals surface area contributed by atoms with Crippen molar-refractivity contribution in [3.05, 3.63) is 0 Å². The number of hydrogen-bond acceptors (Lipinski definition) is 22. The van der Waals surface area contributed by atoms with E-state index >= 15 is 0 Å². The summed E-state index contributed by atoms with van der Waals surface area (Å²) in [5, 5.41) is 36.7. The van der Waals surface area contributed by atoms with Crippen LogP contribution < -0.4 is 33.0 Å². The predicted octanol–water partition coefficient (Wildman–Crippen LogP) is -3.88. The molecule has 11 N–H and O–H groups in total. The molecular weight excluding hydrogens is 875 g/mol. The fraction of sp³-hybridized carbons (Fsp3) is 0.694. The number of nitrogens with zero attached hydrogens (tertiary/aromatic N) is 5. The minimum atomic E-state index is -1.96. The lowest BCUT2D eigenvalue weighted by Crippen LogP contribution is -2.76. The van der Waals surface area contributed by atoms with E-state index < -0.39 is 108 Å². The van der Waals surface area contributed by atoms with Crippen LogP contribution in [0.3, 0.4) is 0 Å². The number of amides is 3. The van der Waals surface area contributed by atoms with Gasteiger partial charge in [0, 0.05) is 38.7 Å². The summed E-state index contributed by atoms with van der Waals surface area (Å²) in [5.74, 6) is -7.85. The van der Waals surface area contributed by atoms with Crippen molar-refractivity contribution in [2.45, 2.75) is 106 Å². The van der Waals surface area contributed by atoms with E-state index in [9.17, 15) is 68.1 Å². The third-order valence-electron chi connectivity index (χ3n) is 10.3. The van der Waals surface area contributed by atoms with Crippen molar-refractivity contribution in [3.63, 3.8) is 0 Å². The quantitative estimate of drug-likeness (QED) is 0.00751. The van der Waals surface area contributed by atoms with E-state index in [2.05, 4.69) is 34.1 Å². The normalized spacial score (nSPS) is 20.4. The van der Waals surface area contributed by atoms with Crippen molar-refractivity contribution in [3.8, 4) is 0 Å². The van der Waals surface area contributed by atoms with Crippen LogP contribution in [0.15, 0.2) is 0 Å². The van der Waals surface area contributed by atoms with Crippen molar-refractivity contribution < 1.29 is 68.1 Å². The molecule has 1 heterocycles. The molecule has 2 rings (SSSR count). The molecule has 3 amide bonds. The summed E-state index contributed by atoms with van der Waals surface area (Å²) in [5.41, 5.74) is 16.3. The lowest BCUT2D eigenvalue weighted by Gasteiger charge is -2.52. The van der Waals surface area contributed by atoms with Gasteiger partial charge in [-0.2, -0.15) is 17.7 Å². The Morgan fingerprint density at radius 2 is 1.41 bits per heavy atom. The second-order valence-electron chi connectivity index (χ2n) is 14.8. The number of thiol groups is 1. The molecule has 1 aliphatic heterocycles. The number of hydrazine groups is 5. The number of aldehydes is 4. The number of thioether (sulfide) groups is 1. The first kappa shape index (κ1) is 54.8. The minimum Gasteiger partial charge on any atom is -0.481 e. The van der Waals surface area contributed by atoms with Gasteiger partial charge in [0.2, 0.25) is 17.7 Å². The Hall–Kier alpha value is -4.29.